The minimum atomic E-state index is 0.318. The summed E-state index contributed by atoms with van der Waals surface area (Å²) in [6.07, 6.45) is 8.97. The molecule has 0 saturated carbocycles. The number of aliphatic imine (C=N–C) groups is 2. The maximum Gasteiger partial charge on any atom is 0.156 e. The number of anilines is 1. The molecule has 3 aliphatic rings. The standard InChI is InChI=1S/C27H39N5O/c1-21(2)32-17-10-23(11-18-32)30-27-24-20-26(33-3)22(19-25(24)28-12-13-29-27)9-5-8-16-31-14-6-4-7-15-31/h13,19-21,23,28H,4,6-8,10-12,14-18H2,1-3H3. The van der Waals surface area contributed by atoms with Gasteiger partial charge in [0.05, 0.1) is 25.3 Å². The second kappa shape index (κ2) is 11.7. The van der Waals surface area contributed by atoms with Crippen LogP contribution in [0.25, 0.3) is 0 Å². The van der Waals surface area contributed by atoms with Gasteiger partial charge in [0.1, 0.15) is 5.75 Å². The van der Waals surface area contributed by atoms with Crippen LogP contribution in [0, 0.1) is 11.8 Å². The van der Waals surface area contributed by atoms with E-state index in [9.17, 15) is 0 Å². The van der Waals surface area contributed by atoms with E-state index >= 15 is 0 Å². The second-order valence-corrected chi connectivity index (χ2v) is 9.56. The summed E-state index contributed by atoms with van der Waals surface area (Å²) in [6.45, 7) is 10.9. The van der Waals surface area contributed by atoms with E-state index < -0.39 is 0 Å². The highest BCUT2D eigenvalue weighted by molar-refractivity contribution is 6.09. The fourth-order valence-corrected chi connectivity index (χ4v) is 4.90. The molecule has 3 heterocycles. The van der Waals surface area contributed by atoms with Crippen LogP contribution in [-0.2, 0) is 0 Å². The summed E-state index contributed by atoms with van der Waals surface area (Å²) in [5.41, 5.74) is 2.96. The van der Waals surface area contributed by atoms with Gasteiger partial charge < -0.3 is 19.9 Å². The van der Waals surface area contributed by atoms with Gasteiger partial charge in [0.2, 0.25) is 0 Å². The fraction of sp³-hybridized carbons (Fsp3) is 0.630. The second-order valence-electron chi connectivity index (χ2n) is 9.56. The van der Waals surface area contributed by atoms with Crippen molar-refractivity contribution in [1.29, 1.82) is 0 Å². The first kappa shape index (κ1) is 23.8. The molecule has 33 heavy (non-hydrogen) atoms. The first-order valence-electron chi connectivity index (χ1n) is 12.7. The molecule has 0 amide bonds. The third kappa shape index (κ3) is 6.37. The normalized spacial score (nSPS) is 21.3. The number of piperidine rings is 2. The third-order valence-electron chi connectivity index (χ3n) is 6.94. The average molecular weight is 450 g/mol. The Morgan fingerprint density at radius 3 is 2.67 bits per heavy atom. The Morgan fingerprint density at radius 2 is 1.94 bits per heavy atom. The third-order valence-corrected chi connectivity index (χ3v) is 6.94. The van der Waals surface area contributed by atoms with Crippen LogP contribution in [0.3, 0.4) is 0 Å². The molecule has 6 heteroatoms. The number of likely N-dealkylation sites (tertiary alicyclic amines) is 2. The van der Waals surface area contributed by atoms with Crippen molar-refractivity contribution in [2.45, 2.75) is 64.5 Å². The highest BCUT2D eigenvalue weighted by Crippen LogP contribution is 2.29. The number of benzene rings is 1. The number of hydrogen-bond acceptors (Lipinski definition) is 5. The number of fused-ring (bicyclic) bond motifs is 1. The smallest absolute Gasteiger partial charge is 0.156 e. The van der Waals surface area contributed by atoms with E-state index in [-0.39, 0.29) is 0 Å². The molecule has 0 atom stereocenters. The van der Waals surface area contributed by atoms with Crippen LogP contribution in [0.2, 0.25) is 0 Å². The summed E-state index contributed by atoms with van der Waals surface area (Å²) in [4.78, 5) is 14.8. The zero-order valence-electron chi connectivity index (χ0n) is 20.6. The lowest BCUT2D eigenvalue weighted by molar-refractivity contribution is 0.173. The summed E-state index contributed by atoms with van der Waals surface area (Å²) in [5, 5.41) is 3.48. The highest BCUT2D eigenvalue weighted by atomic mass is 16.5. The lowest BCUT2D eigenvalue weighted by atomic mass is 10.0. The molecular formula is C27H39N5O. The SMILES string of the molecule is COc1cc2c(cc1C#CCCN1CCCCC1)NCC=NC2=NC1CCN(C(C)C)CC1. The minimum absolute atomic E-state index is 0.318. The summed E-state index contributed by atoms with van der Waals surface area (Å²) in [5.74, 6) is 8.33. The number of nitrogens with one attached hydrogen (secondary N) is 1. The molecule has 6 nitrogen and oxygen atoms in total. The van der Waals surface area contributed by atoms with Crippen molar-refractivity contribution < 1.29 is 4.74 Å². The Morgan fingerprint density at radius 1 is 1.15 bits per heavy atom. The van der Waals surface area contributed by atoms with Gasteiger partial charge in [-0.2, -0.15) is 0 Å². The summed E-state index contributed by atoms with van der Waals surface area (Å²) in [7, 11) is 1.71. The van der Waals surface area contributed by atoms with Crippen LogP contribution in [-0.4, -0.2) is 80.3 Å². The summed E-state index contributed by atoms with van der Waals surface area (Å²) >= 11 is 0. The van der Waals surface area contributed by atoms with Gasteiger partial charge in [0, 0.05) is 49.6 Å². The largest absolute Gasteiger partial charge is 0.495 e. The topological polar surface area (TPSA) is 52.5 Å². The molecular weight excluding hydrogens is 410 g/mol. The molecule has 0 spiro atoms. The maximum atomic E-state index is 5.72. The zero-order valence-corrected chi connectivity index (χ0v) is 20.6. The lowest BCUT2D eigenvalue weighted by Gasteiger charge is -2.33. The number of amidine groups is 1. The molecule has 4 rings (SSSR count). The van der Waals surface area contributed by atoms with Crippen LogP contribution in [0.15, 0.2) is 22.1 Å². The monoisotopic (exact) mass is 449 g/mol. The van der Waals surface area contributed by atoms with Gasteiger partial charge in [-0.3, -0.25) is 4.99 Å². The van der Waals surface area contributed by atoms with Crippen molar-refractivity contribution in [3.63, 3.8) is 0 Å². The fourth-order valence-electron chi connectivity index (χ4n) is 4.90. The molecule has 0 radical (unpaired) electrons. The van der Waals surface area contributed by atoms with Crippen molar-refractivity contribution >= 4 is 17.7 Å². The lowest BCUT2D eigenvalue weighted by Crippen LogP contribution is -2.39. The first-order valence-corrected chi connectivity index (χ1v) is 12.7. The number of methoxy groups -OCH3 is 1. The average Bonchev–Trinajstić information content (AvgIpc) is 3.03. The van der Waals surface area contributed by atoms with Gasteiger partial charge in [0.15, 0.2) is 5.84 Å². The van der Waals surface area contributed by atoms with E-state index in [0.717, 1.165) is 67.3 Å². The molecule has 1 N–H and O–H groups in total. The summed E-state index contributed by atoms with van der Waals surface area (Å²) in [6, 6.07) is 5.08. The molecule has 0 aliphatic carbocycles. The van der Waals surface area contributed by atoms with E-state index in [0.29, 0.717) is 18.6 Å². The number of ether oxygens (including phenoxy) is 1. The Balaban J connectivity index is 1.49. The Hall–Kier alpha value is -2.36. The van der Waals surface area contributed by atoms with Crippen molar-refractivity contribution in [1.82, 2.24) is 9.80 Å². The quantitative estimate of drug-likeness (QED) is 0.690. The zero-order chi connectivity index (χ0) is 23.0. The number of rotatable bonds is 5. The first-order chi connectivity index (χ1) is 16.1. The molecule has 1 aromatic carbocycles. The molecule has 0 aromatic heterocycles. The van der Waals surface area contributed by atoms with Gasteiger partial charge in [-0.1, -0.05) is 18.3 Å². The van der Waals surface area contributed by atoms with E-state index in [4.69, 9.17) is 14.7 Å². The van der Waals surface area contributed by atoms with E-state index in [1.165, 1.54) is 32.4 Å². The van der Waals surface area contributed by atoms with E-state index in [1.54, 1.807) is 7.11 Å². The Labute approximate surface area is 199 Å². The van der Waals surface area contributed by atoms with Gasteiger partial charge >= 0.3 is 0 Å². The van der Waals surface area contributed by atoms with Crippen LogP contribution >= 0.6 is 0 Å². The maximum absolute atomic E-state index is 5.72. The highest BCUT2D eigenvalue weighted by Gasteiger charge is 2.22. The van der Waals surface area contributed by atoms with Gasteiger partial charge in [0.25, 0.3) is 0 Å². The summed E-state index contributed by atoms with van der Waals surface area (Å²) < 4.78 is 5.72. The van der Waals surface area contributed by atoms with Crippen LogP contribution in [0.5, 0.6) is 5.75 Å². The van der Waals surface area contributed by atoms with Crippen LogP contribution < -0.4 is 10.1 Å². The molecule has 178 valence electrons. The van der Waals surface area contributed by atoms with Crippen LogP contribution in [0.1, 0.15) is 63.5 Å². The molecule has 0 unspecified atom stereocenters. The van der Waals surface area contributed by atoms with Crippen molar-refractivity contribution in [2.75, 3.05) is 51.7 Å². The van der Waals surface area contributed by atoms with Crippen molar-refractivity contribution in [2.24, 2.45) is 9.98 Å². The predicted molar refractivity (Wildman–Crippen MR) is 138 cm³/mol. The predicted octanol–water partition coefficient (Wildman–Crippen LogP) is 4.04. The van der Waals surface area contributed by atoms with Gasteiger partial charge in [-0.15, -0.1) is 0 Å². The minimum Gasteiger partial charge on any atom is -0.495 e. The van der Waals surface area contributed by atoms with Crippen LogP contribution in [0.4, 0.5) is 5.69 Å². The Bertz CT molecular complexity index is 912. The number of hydrogen-bond donors (Lipinski definition) is 1. The molecule has 2 fully saturated rings. The molecule has 3 aliphatic heterocycles. The Kier molecular flexibility index (Phi) is 8.41. The van der Waals surface area contributed by atoms with Gasteiger partial charge in [-0.25, -0.2) is 4.99 Å². The van der Waals surface area contributed by atoms with E-state index in [1.807, 2.05) is 6.21 Å². The van der Waals surface area contributed by atoms with Crippen molar-refractivity contribution in [3.8, 4) is 17.6 Å². The molecule has 0 bridgehead atoms. The number of nitrogens with zero attached hydrogens (tertiary/aromatic N) is 4. The van der Waals surface area contributed by atoms with E-state index in [2.05, 4.69) is 52.9 Å². The molecule has 2 saturated heterocycles. The molecule has 1 aromatic rings. The van der Waals surface area contributed by atoms with Gasteiger partial charge in [-0.05, 0) is 64.8 Å². The van der Waals surface area contributed by atoms with Crippen molar-refractivity contribution in [3.05, 3.63) is 23.3 Å².